The van der Waals surface area contributed by atoms with Gasteiger partial charge in [-0.3, -0.25) is 4.79 Å². The SMILES string of the molecule is Nc1cc(F)cc(C(=O)Nc2ccc(C(F)(F)F)nc2)c1. The number of pyridine rings is 1. The largest absolute Gasteiger partial charge is 0.433 e. The zero-order valence-electron chi connectivity index (χ0n) is 10.4. The molecule has 0 atom stereocenters. The molecule has 0 fully saturated rings. The lowest BCUT2D eigenvalue weighted by Crippen LogP contribution is -2.14. The van der Waals surface area contributed by atoms with E-state index in [2.05, 4.69) is 10.3 Å². The lowest BCUT2D eigenvalue weighted by Gasteiger charge is -2.08. The summed E-state index contributed by atoms with van der Waals surface area (Å²) >= 11 is 0. The van der Waals surface area contributed by atoms with Gasteiger partial charge in [-0.15, -0.1) is 0 Å². The Morgan fingerprint density at radius 1 is 1.19 bits per heavy atom. The highest BCUT2D eigenvalue weighted by Crippen LogP contribution is 2.27. The van der Waals surface area contributed by atoms with E-state index < -0.39 is 23.6 Å². The van der Waals surface area contributed by atoms with E-state index >= 15 is 0 Å². The van der Waals surface area contributed by atoms with Crippen molar-refractivity contribution >= 4 is 17.3 Å². The number of nitrogens with two attached hydrogens (primary N) is 1. The fraction of sp³-hybridized carbons (Fsp3) is 0.0769. The topological polar surface area (TPSA) is 68.0 Å². The molecule has 2 aromatic rings. The Morgan fingerprint density at radius 3 is 2.43 bits per heavy atom. The Hall–Kier alpha value is -2.64. The molecule has 0 bridgehead atoms. The van der Waals surface area contributed by atoms with Crippen LogP contribution in [0.25, 0.3) is 0 Å². The molecule has 3 N–H and O–H groups in total. The number of nitrogens with zero attached hydrogens (tertiary/aromatic N) is 1. The van der Waals surface area contributed by atoms with Crippen LogP contribution in [-0.4, -0.2) is 10.9 Å². The first kappa shape index (κ1) is 14.8. The molecule has 2 rings (SSSR count). The van der Waals surface area contributed by atoms with Gasteiger partial charge in [-0.1, -0.05) is 0 Å². The standard InChI is InChI=1S/C13H9F4N3O/c14-8-3-7(4-9(18)5-8)12(21)20-10-1-2-11(19-6-10)13(15,16)17/h1-6H,18H2,(H,20,21). The maximum absolute atomic E-state index is 13.1. The van der Waals surface area contributed by atoms with Gasteiger partial charge in [0, 0.05) is 11.3 Å². The van der Waals surface area contributed by atoms with Crippen LogP contribution in [0.15, 0.2) is 36.5 Å². The summed E-state index contributed by atoms with van der Waals surface area (Å²) in [4.78, 5) is 15.0. The van der Waals surface area contributed by atoms with E-state index in [-0.39, 0.29) is 16.9 Å². The zero-order valence-corrected chi connectivity index (χ0v) is 10.4. The van der Waals surface area contributed by atoms with Crippen molar-refractivity contribution in [2.45, 2.75) is 6.18 Å². The molecule has 1 aromatic heterocycles. The summed E-state index contributed by atoms with van der Waals surface area (Å²) in [6.45, 7) is 0. The van der Waals surface area contributed by atoms with E-state index in [1.165, 1.54) is 6.07 Å². The third-order valence-corrected chi connectivity index (χ3v) is 2.49. The fourth-order valence-corrected chi connectivity index (χ4v) is 1.58. The van der Waals surface area contributed by atoms with Crippen LogP contribution in [0.2, 0.25) is 0 Å². The van der Waals surface area contributed by atoms with Gasteiger partial charge < -0.3 is 11.1 Å². The quantitative estimate of drug-likeness (QED) is 0.661. The number of hydrogen-bond donors (Lipinski definition) is 2. The number of carbonyl (C=O) groups excluding carboxylic acids is 1. The summed E-state index contributed by atoms with van der Waals surface area (Å²) in [5, 5.41) is 2.30. The van der Waals surface area contributed by atoms with Crippen molar-refractivity contribution in [2.75, 3.05) is 11.1 Å². The van der Waals surface area contributed by atoms with Crippen LogP contribution >= 0.6 is 0 Å². The predicted molar refractivity (Wildman–Crippen MR) is 68.0 cm³/mol. The summed E-state index contributed by atoms with van der Waals surface area (Å²) in [5.74, 6) is -1.39. The Labute approximate surface area is 116 Å². The number of nitrogen functional groups attached to an aromatic ring is 1. The monoisotopic (exact) mass is 299 g/mol. The summed E-state index contributed by atoms with van der Waals surface area (Å²) in [7, 11) is 0. The Kier molecular flexibility index (Phi) is 3.79. The highest BCUT2D eigenvalue weighted by atomic mass is 19.4. The number of amides is 1. The average molecular weight is 299 g/mol. The van der Waals surface area contributed by atoms with Gasteiger partial charge in [-0.25, -0.2) is 9.37 Å². The van der Waals surface area contributed by atoms with Gasteiger partial charge in [0.15, 0.2) is 0 Å². The van der Waals surface area contributed by atoms with Gasteiger partial charge in [0.25, 0.3) is 5.91 Å². The number of anilines is 2. The van der Waals surface area contributed by atoms with E-state index in [0.29, 0.717) is 0 Å². The molecule has 0 saturated heterocycles. The summed E-state index contributed by atoms with van der Waals surface area (Å²) in [6, 6.07) is 5.03. The molecule has 0 unspecified atom stereocenters. The molecule has 1 aromatic carbocycles. The molecule has 0 radical (unpaired) electrons. The van der Waals surface area contributed by atoms with Crippen LogP contribution in [0.3, 0.4) is 0 Å². The minimum absolute atomic E-state index is 0.0487. The van der Waals surface area contributed by atoms with Crippen LogP contribution in [0, 0.1) is 5.82 Å². The number of carbonyl (C=O) groups is 1. The third kappa shape index (κ3) is 3.68. The first-order valence-corrected chi connectivity index (χ1v) is 5.66. The van der Waals surface area contributed by atoms with Crippen LogP contribution in [0.4, 0.5) is 28.9 Å². The Balaban J connectivity index is 2.16. The van der Waals surface area contributed by atoms with E-state index in [4.69, 9.17) is 5.73 Å². The van der Waals surface area contributed by atoms with Crippen molar-refractivity contribution in [1.82, 2.24) is 4.98 Å². The van der Waals surface area contributed by atoms with Gasteiger partial charge in [0.1, 0.15) is 11.5 Å². The van der Waals surface area contributed by atoms with E-state index in [1.807, 2.05) is 0 Å². The van der Waals surface area contributed by atoms with Crippen LogP contribution in [0.1, 0.15) is 16.1 Å². The molecular formula is C13H9F4N3O. The molecule has 0 aliphatic rings. The van der Waals surface area contributed by atoms with Crippen LogP contribution in [0.5, 0.6) is 0 Å². The van der Waals surface area contributed by atoms with E-state index in [9.17, 15) is 22.4 Å². The highest BCUT2D eigenvalue weighted by molar-refractivity contribution is 6.04. The second kappa shape index (κ2) is 5.39. The molecule has 0 aliphatic heterocycles. The number of rotatable bonds is 2. The first-order chi connectivity index (χ1) is 9.75. The molecule has 0 saturated carbocycles. The first-order valence-electron chi connectivity index (χ1n) is 5.66. The second-order valence-electron chi connectivity index (χ2n) is 4.16. The number of alkyl halides is 3. The van der Waals surface area contributed by atoms with Crippen molar-refractivity contribution in [1.29, 1.82) is 0 Å². The lowest BCUT2D eigenvalue weighted by molar-refractivity contribution is -0.141. The molecule has 21 heavy (non-hydrogen) atoms. The fourth-order valence-electron chi connectivity index (χ4n) is 1.58. The maximum atomic E-state index is 13.1. The molecule has 0 aliphatic carbocycles. The van der Waals surface area contributed by atoms with E-state index in [1.54, 1.807) is 0 Å². The van der Waals surface area contributed by atoms with Crippen molar-refractivity contribution in [3.63, 3.8) is 0 Å². The van der Waals surface area contributed by atoms with Gasteiger partial charge in [0.05, 0.1) is 11.9 Å². The van der Waals surface area contributed by atoms with Gasteiger partial charge >= 0.3 is 6.18 Å². The minimum Gasteiger partial charge on any atom is -0.399 e. The van der Waals surface area contributed by atoms with Crippen molar-refractivity contribution in [3.8, 4) is 0 Å². The average Bonchev–Trinajstić information content (AvgIpc) is 2.37. The van der Waals surface area contributed by atoms with E-state index in [0.717, 1.165) is 30.5 Å². The second-order valence-corrected chi connectivity index (χ2v) is 4.16. The lowest BCUT2D eigenvalue weighted by atomic mass is 10.2. The van der Waals surface area contributed by atoms with Crippen LogP contribution < -0.4 is 11.1 Å². The van der Waals surface area contributed by atoms with Gasteiger partial charge in [-0.2, -0.15) is 13.2 Å². The normalized spacial score (nSPS) is 11.2. The molecular weight excluding hydrogens is 290 g/mol. The third-order valence-electron chi connectivity index (χ3n) is 2.49. The smallest absolute Gasteiger partial charge is 0.399 e. The zero-order chi connectivity index (χ0) is 15.6. The minimum atomic E-state index is -4.56. The number of halogens is 4. The predicted octanol–water partition coefficient (Wildman–Crippen LogP) is 3.07. The molecule has 0 spiro atoms. The molecule has 8 heteroatoms. The van der Waals surface area contributed by atoms with Gasteiger partial charge in [0.2, 0.25) is 0 Å². The number of hydrogen-bond acceptors (Lipinski definition) is 3. The molecule has 1 heterocycles. The maximum Gasteiger partial charge on any atom is 0.433 e. The Morgan fingerprint density at radius 2 is 1.90 bits per heavy atom. The number of benzene rings is 1. The summed E-state index contributed by atoms with van der Waals surface area (Å²) in [5.41, 5.74) is 4.39. The summed E-state index contributed by atoms with van der Waals surface area (Å²) in [6.07, 6.45) is -3.69. The van der Waals surface area contributed by atoms with Gasteiger partial charge in [-0.05, 0) is 30.3 Å². The summed E-state index contributed by atoms with van der Waals surface area (Å²) < 4.78 is 50.1. The Bertz CT molecular complexity index is 648. The van der Waals surface area contributed by atoms with Crippen molar-refractivity contribution in [3.05, 3.63) is 53.6 Å². The number of nitrogens with one attached hydrogen (secondary N) is 1. The molecule has 1 amide bonds. The van der Waals surface area contributed by atoms with Crippen molar-refractivity contribution < 1.29 is 22.4 Å². The number of aromatic nitrogens is 1. The highest BCUT2D eigenvalue weighted by Gasteiger charge is 2.32. The molecule has 110 valence electrons. The van der Waals surface area contributed by atoms with Crippen molar-refractivity contribution in [2.24, 2.45) is 0 Å². The van der Waals surface area contributed by atoms with Crippen LogP contribution in [-0.2, 0) is 6.18 Å². The molecule has 4 nitrogen and oxygen atoms in total.